The lowest BCUT2D eigenvalue weighted by Gasteiger charge is -2.51. The van der Waals surface area contributed by atoms with Crippen LogP contribution in [-0.4, -0.2) is 84.3 Å². The van der Waals surface area contributed by atoms with Crippen molar-refractivity contribution in [3.05, 3.63) is 30.3 Å². The number of piperazine rings is 1. The second-order valence-corrected chi connectivity index (χ2v) is 15.7. The zero-order chi connectivity index (χ0) is 34.0. The minimum absolute atomic E-state index is 0.0100. The van der Waals surface area contributed by atoms with E-state index in [1.165, 1.54) is 94.2 Å². The number of nitrogens with zero attached hydrogens (tertiary/aromatic N) is 3. The van der Waals surface area contributed by atoms with Crippen LogP contribution in [0.4, 0.5) is 5.69 Å². The van der Waals surface area contributed by atoms with Gasteiger partial charge < -0.3 is 19.6 Å². The van der Waals surface area contributed by atoms with Gasteiger partial charge in [0.15, 0.2) is 0 Å². The molecule has 47 heavy (non-hydrogen) atoms. The number of hydrogen-bond donors (Lipinski definition) is 1. The van der Waals surface area contributed by atoms with E-state index < -0.39 is 0 Å². The van der Waals surface area contributed by atoms with E-state index in [9.17, 15) is 10.0 Å². The van der Waals surface area contributed by atoms with Crippen LogP contribution in [0.1, 0.15) is 144 Å². The number of rotatable bonds is 23. The number of piperidine rings is 1. The third-order valence-electron chi connectivity index (χ3n) is 10.4. The maximum Gasteiger partial charge on any atom is 0.312 e. The van der Waals surface area contributed by atoms with E-state index in [4.69, 9.17) is 9.47 Å². The van der Waals surface area contributed by atoms with Crippen LogP contribution >= 0.6 is 0 Å². The van der Waals surface area contributed by atoms with E-state index in [0.29, 0.717) is 19.8 Å². The standard InChI is InChI=1S/C40H71N3O4/c1-6-7-8-9-10-11-12-13-14-15-16-17-18-19-23-30-46-38(44)35(34-47-37-31-39(2,3)43(45)40(4,5)32-37)33-41-26-28-42(29-27-41)36-24-21-20-22-25-36/h20-22,24-25,35,37,45H,6-19,23,26-34H2,1-5H3/t35-/m1/s1. The van der Waals surface area contributed by atoms with E-state index >= 15 is 0 Å². The lowest BCUT2D eigenvalue weighted by atomic mass is 9.80. The van der Waals surface area contributed by atoms with Crippen LogP contribution in [0.15, 0.2) is 30.3 Å². The molecule has 0 aromatic heterocycles. The van der Waals surface area contributed by atoms with E-state index in [1.54, 1.807) is 0 Å². The summed E-state index contributed by atoms with van der Waals surface area (Å²) in [6, 6.07) is 10.6. The fraction of sp³-hybridized carbons (Fsp3) is 0.825. The molecule has 0 bridgehead atoms. The summed E-state index contributed by atoms with van der Waals surface area (Å²) in [5.74, 6) is -0.438. The Kier molecular flexibility index (Phi) is 18.1. The molecule has 7 heteroatoms. The lowest BCUT2D eigenvalue weighted by molar-refractivity contribution is -0.262. The van der Waals surface area contributed by atoms with Crippen molar-refractivity contribution in [2.75, 3.05) is 50.8 Å². The zero-order valence-corrected chi connectivity index (χ0v) is 31.0. The summed E-state index contributed by atoms with van der Waals surface area (Å²) in [6.07, 6.45) is 21.3. The quantitative estimate of drug-likeness (QED) is 0.0930. The van der Waals surface area contributed by atoms with Crippen LogP contribution < -0.4 is 4.90 Å². The largest absolute Gasteiger partial charge is 0.465 e. The summed E-state index contributed by atoms with van der Waals surface area (Å²) in [6.45, 7) is 15.7. The summed E-state index contributed by atoms with van der Waals surface area (Å²) in [5.41, 5.74) is 0.489. The van der Waals surface area contributed by atoms with Crippen molar-refractivity contribution in [3.63, 3.8) is 0 Å². The van der Waals surface area contributed by atoms with Crippen LogP contribution in [0.5, 0.6) is 0 Å². The van der Waals surface area contributed by atoms with Gasteiger partial charge in [-0.15, -0.1) is 0 Å². The van der Waals surface area contributed by atoms with E-state index in [1.807, 2.05) is 0 Å². The number of benzene rings is 1. The molecule has 270 valence electrons. The van der Waals surface area contributed by atoms with E-state index in [0.717, 1.165) is 51.9 Å². The molecule has 7 nitrogen and oxygen atoms in total. The summed E-state index contributed by atoms with van der Waals surface area (Å²) >= 11 is 0. The highest BCUT2D eigenvalue weighted by atomic mass is 16.5. The van der Waals surface area contributed by atoms with E-state index in [2.05, 4.69) is 74.8 Å². The molecule has 2 heterocycles. The second-order valence-electron chi connectivity index (χ2n) is 15.7. The van der Waals surface area contributed by atoms with Crippen molar-refractivity contribution < 1.29 is 19.5 Å². The topological polar surface area (TPSA) is 65.5 Å². The lowest BCUT2D eigenvalue weighted by Crippen LogP contribution is -2.60. The molecule has 0 saturated carbocycles. The van der Waals surface area contributed by atoms with Gasteiger partial charge in [-0.2, -0.15) is 5.06 Å². The third kappa shape index (κ3) is 14.8. The van der Waals surface area contributed by atoms with Gasteiger partial charge in [0, 0.05) is 49.5 Å². The molecule has 1 aromatic carbocycles. The molecule has 1 atom stereocenters. The normalized spacial score (nSPS) is 19.6. The van der Waals surface area contributed by atoms with Gasteiger partial charge in [0.05, 0.1) is 25.2 Å². The van der Waals surface area contributed by atoms with Gasteiger partial charge in [0.1, 0.15) is 0 Å². The van der Waals surface area contributed by atoms with Crippen LogP contribution in [-0.2, 0) is 14.3 Å². The van der Waals surface area contributed by atoms with Gasteiger partial charge in [-0.1, -0.05) is 115 Å². The van der Waals surface area contributed by atoms with E-state index in [-0.39, 0.29) is 29.1 Å². The predicted octanol–water partition coefficient (Wildman–Crippen LogP) is 9.27. The van der Waals surface area contributed by atoms with Crippen LogP contribution in [0.25, 0.3) is 0 Å². The molecule has 0 amide bonds. The Hall–Kier alpha value is -1.67. The molecule has 0 unspecified atom stereocenters. The zero-order valence-electron chi connectivity index (χ0n) is 31.0. The highest BCUT2D eigenvalue weighted by Crippen LogP contribution is 2.38. The highest BCUT2D eigenvalue weighted by Gasteiger charge is 2.45. The predicted molar refractivity (Wildman–Crippen MR) is 195 cm³/mol. The van der Waals surface area contributed by atoms with Crippen molar-refractivity contribution in [1.82, 2.24) is 9.96 Å². The van der Waals surface area contributed by atoms with Gasteiger partial charge in [-0.05, 0) is 59.1 Å². The van der Waals surface area contributed by atoms with Crippen LogP contribution in [0.2, 0.25) is 0 Å². The Morgan fingerprint density at radius 3 is 1.77 bits per heavy atom. The molecule has 3 rings (SSSR count). The number of unbranched alkanes of at least 4 members (excludes halogenated alkanes) is 14. The summed E-state index contributed by atoms with van der Waals surface area (Å²) in [7, 11) is 0. The average molecular weight is 658 g/mol. The number of hydrogen-bond acceptors (Lipinski definition) is 7. The van der Waals surface area contributed by atoms with Crippen molar-refractivity contribution in [3.8, 4) is 0 Å². The van der Waals surface area contributed by atoms with Crippen LogP contribution in [0, 0.1) is 5.92 Å². The number of esters is 1. The summed E-state index contributed by atoms with van der Waals surface area (Å²) in [4.78, 5) is 18.3. The van der Waals surface area contributed by atoms with Crippen LogP contribution in [0.3, 0.4) is 0 Å². The molecule has 2 aliphatic heterocycles. The molecule has 1 N–H and O–H groups in total. The third-order valence-corrected chi connectivity index (χ3v) is 10.4. The number of carbonyl (C=O) groups excluding carboxylic acids is 1. The minimum Gasteiger partial charge on any atom is -0.465 e. The SMILES string of the molecule is CCCCCCCCCCCCCCCCCOC(=O)[C@@H](COC1CC(C)(C)N(O)C(C)(C)C1)CN1CCN(c2ccccc2)CC1. The molecular weight excluding hydrogens is 586 g/mol. The number of anilines is 1. The van der Waals surface area contributed by atoms with Gasteiger partial charge in [-0.3, -0.25) is 9.69 Å². The first-order valence-electron chi connectivity index (χ1n) is 19.4. The molecular formula is C40H71N3O4. The molecule has 0 aliphatic carbocycles. The Bertz CT molecular complexity index is 945. The number of carbonyl (C=O) groups is 1. The first-order valence-corrected chi connectivity index (χ1v) is 19.4. The van der Waals surface area contributed by atoms with Gasteiger partial charge in [0.25, 0.3) is 0 Å². The first-order chi connectivity index (χ1) is 22.6. The van der Waals surface area contributed by atoms with Crippen molar-refractivity contribution >= 4 is 11.7 Å². The molecule has 0 radical (unpaired) electrons. The fourth-order valence-corrected chi connectivity index (χ4v) is 7.65. The Morgan fingerprint density at radius 2 is 1.26 bits per heavy atom. The number of ether oxygens (including phenoxy) is 2. The van der Waals surface area contributed by atoms with Gasteiger partial charge in [0.2, 0.25) is 0 Å². The Balaban J connectivity index is 1.36. The van der Waals surface area contributed by atoms with Crippen molar-refractivity contribution in [2.45, 2.75) is 161 Å². The monoisotopic (exact) mass is 658 g/mol. The molecule has 0 spiro atoms. The van der Waals surface area contributed by atoms with Crippen molar-refractivity contribution in [2.24, 2.45) is 5.92 Å². The fourth-order valence-electron chi connectivity index (χ4n) is 7.65. The molecule has 2 fully saturated rings. The number of hydroxylamine groups is 2. The summed E-state index contributed by atoms with van der Waals surface area (Å²) < 4.78 is 12.4. The summed E-state index contributed by atoms with van der Waals surface area (Å²) in [5, 5.41) is 12.2. The van der Waals surface area contributed by atoms with Gasteiger partial charge >= 0.3 is 5.97 Å². The number of para-hydroxylation sites is 1. The van der Waals surface area contributed by atoms with Crippen molar-refractivity contribution in [1.29, 1.82) is 0 Å². The molecule has 2 saturated heterocycles. The highest BCUT2D eigenvalue weighted by molar-refractivity contribution is 5.72. The minimum atomic E-state index is -0.385. The maximum absolute atomic E-state index is 13.4. The first kappa shape index (κ1) is 39.8. The Morgan fingerprint density at radius 1 is 0.766 bits per heavy atom. The Labute approximate surface area is 288 Å². The smallest absolute Gasteiger partial charge is 0.312 e. The average Bonchev–Trinajstić information content (AvgIpc) is 3.05. The second kappa shape index (κ2) is 21.4. The van der Waals surface area contributed by atoms with Gasteiger partial charge in [-0.25, -0.2) is 0 Å². The maximum atomic E-state index is 13.4. The molecule has 2 aliphatic rings. The molecule has 1 aromatic rings.